The van der Waals surface area contributed by atoms with Gasteiger partial charge >= 0.3 is 6.09 Å². The summed E-state index contributed by atoms with van der Waals surface area (Å²) in [6.45, 7) is 4.14. The number of hydrogen-bond acceptors (Lipinski definition) is 5. The number of ether oxygens (including phenoxy) is 1. The quantitative estimate of drug-likeness (QED) is 0.264. The highest BCUT2D eigenvalue weighted by Crippen LogP contribution is 2.28. The van der Waals surface area contributed by atoms with Crippen LogP contribution in [0.2, 0.25) is 0 Å². The molecule has 0 fully saturated rings. The van der Waals surface area contributed by atoms with Gasteiger partial charge in [-0.3, -0.25) is 4.90 Å². The monoisotopic (exact) mass is 554 g/mol. The molecule has 0 aliphatic rings. The van der Waals surface area contributed by atoms with Crippen molar-refractivity contribution in [2.45, 2.75) is 50.3 Å². The molecular weight excluding hydrogens is 516 g/mol. The molecule has 0 aliphatic heterocycles. The number of methoxy groups -OCH3 is 1. The first-order valence-corrected chi connectivity index (χ1v) is 14.4. The van der Waals surface area contributed by atoms with Crippen LogP contribution in [0.15, 0.2) is 89.8 Å². The van der Waals surface area contributed by atoms with Crippen molar-refractivity contribution >= 4 is 16.1 Å². The van der Waals surface area contributed by atoms with E-state index in [9.17, 15) is 23.4 Å². The predicted molar refractivity (Wildman–Crippen MR) is 151 cm³/mol. The van der Waals surface area contributed by atoms with Crippen LogP contribution < -0.4 is 4.74 Å². The third kappa shape index (κ3) is 8.29. The Kier molecular flexibility index (Phi) is 10.5. The molecule has 0 radical (unpaired) electrons. The van der Waals surface area contributed by atoms with Crippen LogP contribution in [0.4, 0.5) is 4.79 Å². The van der Waals surface area contributed by atoms with Crippen molar-refractivity contribution in [1.82, 2.24) is 9.21 Å². The number of hydrogen-bond donors (Lipinski definition) is 2. The minimum absolute atomic E-state index is 0.00752. The lowest BCUT2D eigenvalue weighted by atomic mass is 9.97. The van der Waals surface area contributed by atoms with Gasteiger partial charge in [0, 0.05) is 25.9 Å². The predicted octanol–water partition coefficient (Wildman–Crippen LogP) is 5.23. The van der Waals surface area contributed by atoms with E-state index in [2.05, 4.69) is 0 Å². The maximum absolute atomic E-state index is 13.7. The summed E-state index contributed by atoms with van der Waals surface area (Å²) in [5.41, 5.74) is -0.408. The molecule has 1 atom stereocenters. The second kappa shape index (κ2) is 13.6. The van der Waals surface area contributed by atoms with Crippen LogP contribution >= 0.6 is 0 Å². The Balaban J connectivity index is 1.96. The second-order valence-corrected chi connectivity index (χ2v) is 11.9. The molecule has 8 nitrogen and oxygen atoms in total. The molecule has 0 heterocycles. The Morgan fingerprint density at radius 3 is 1.97 bits per heavy atom. The molecule has 39 heavy (non-hydrogen) atoms. The van der Waals surface area contributed by atoms with Gasteiger partial charge in [-0.05, 0) is 47.7 Å². The van der Waals surface area contributed by atoms with Crippen molar-refractivity contribution in [1.29, 1.82) is 0 Å². The van der Waals surface area contributed by atoms with Crippen LogP contribution in [-0.4, -0.2) is 59.9 Å². The molecule has 2 N–H and O–H groups in total. The summed E-state index contributed by atoms with van der Waals surface area (Å²) in [6, 6.07) is 24.3. The fourth-order valence-corrected chi connectivity index (χ4v) is 5.81. The van der Waals surface area contributed by atoms with E-state index in [1.807, 2.05) is 50.2 Å². The molecule has 1 amide bonds. The number of sulfonamides is 1. The van der Waals surface area contributed by atoms with Crippen molar-refractivity contribution in [3.63, 3.8) is 0 Å². The zero-order valence-corrected chi connectivity index (χ0v) is 23.5. The van der Waals surface area contributed by atoms with Gasteiger partial charge in [0.25, 0.3) is 0 Å². The third-order valence-corrected chi connectivity index (χ3v) is 8.57. The SMILES string of the molecule is COc1ccc(S(=O)(=O)N(CCC(C)C)CCC(O)(Cc2ccccc2)N(Cc2ccccc2)C(=O)O)cc1. The van der Waals surface area contributed by atoms with Gasteiger partial charge in [-0.1, -0.05) is 74.5 Å². The number of nitrogens with zero attached hydrogens (tertiary/aromatic N) is 2. The normalized spacial score (nSPS) is 13.3. The average Bonchev–Trinajstić information content (AvgIpc) is 2.92. The second-order valence-electron chi connectivity index (χ2n) is 10.0. The molecule has 1 unspecified atom stereocenters. The Hall–Kier alpha value is -3.40. The summed E-state index contributed by atoms with van der Waals surface area (Å²) in [5.74, 6) is 0.785. The zero-order chi connectivity index (χ0) is 28.5. The summed E-state index contributed by atoms with van der Waals surface area (Å²) in [7, 11) is -2.41. The number of carboxylic acid groups (broad SMARTS) is 1. The van der Waals surface area contributed by atoms with Gasteiger partial charge in [-0.25, -0.2) is 13.2 Å². The van der Waals surface area contributed by atoms with Gasteiger partial charge < -0.3 is 14.9 Å². The van der Waals surface area contributed by atoms with E-state index in [1.54, 1.807) is 36.4 Å². The lowest BCUT2D eigenvalue weighted by molar-refractivity contribution is -0.103. The van der Waals surface area contributed by atoms with Crippen molar-refractivity contribution in [3.05, 3.63) is 96.1 Å². The third-order valence-electron chi connectivity index (χ3n) is 6.66. The minimum Gasteiger partial charge on any atom is -0.497 e. The summed E-state index contributed by atoms with van der Waals surface area (Å²) in [4.78, 5) is 13.6. The molecule has 3 aromatic rings. The van der Waals surface area contributed by atoms with E-state index in [1.165, 1.54) is 23.5 Å². The van der Waals surface area contributed by atoms with E-state index in [4.69, 9.17) is 4.74 Å². The fraction of sp³-hybridized carbons (Fsp3) is 0.367. The van der Waals surface area contributed by atoms with Crippen LogP contribution in [0.5, 0.6) is 5.75 Å². The number of benzene rings is 3. The van der Waals surface area contributed by atoms with Gasteiger partial charge in [0.1, 0.15) is 11.5 Å². The topological polar surface area (TPSA) is 107 Å². The first-order valence-electron chi connectivity index (χ1n) is 13.0. The minimum atomic E-state index is -3.92. The molecular formula is C30H38N2O6S. The van der Waals surface area contributed by atoms with Gasteiger partial charge in [0.2, 0.25) is 10.0 Å². The summed E-state index contributed by atoms with van der Waals surface area (Å²) < 4.78 is 33.9. The summed E-state index contributed by atoms with van der Waals surface area (Å²) in [6.07, 6.45) is -0.787. The molecule has 0 saturated carbocycles. The van der Waals surface area contributed by atoms with Crippen LogP contribution in [0.1, 0.15) is 37.8 Å². The Labute approximate surface area is 231 Å². The molecule has 9 heteroatoms. The molecule has 0 aromatic heterocycles. The van der Waals surface area contributed by atoms with Gasteiger partial charge in [0.05, 0.1) is 18.6 Å². The molecule has 0 spiro atoms. The summed E-state index contributed by atoms with van der Waals surface area (Å²) >= 11 is 0. The number of carbonyl (C=O) groups is 1. The molecule has 0 saturated heterocycles. The standard InChI is InChI=1S/C30H38N2O6S/c1-24(2)18-20-31(39(36,37)28-16-14-27(38-3)15-17-28)21-19-30(35,22-25-10-6-4-7-11-25)32(29(33)34)23-26-12-8-5-9-13-26/h4-17,24,35H,18-23H2,1-3H3,(H,33,34). The fourth-order valence-electron chi connectivity index (χ4n) is 4.36. The first kappa shape index (κ1) is 30.1. The van der Waals surface area contributed by atoms with Crippen LogP contribution in [-0.2, 0) is 23.0 Å². The van der Waals surface area contributed by atoms with Crippen molar-refractivity contribution < 1.29 is 28.2 Å². The molecule has 0 aliphatic carbocycles. The number of aliphatic hydroxyl groups is 1. The highest BCUT2D eigenvalue weighted by Gasteiger charge is 2.39. The van der Waals surface area contributed by atoms with Gasteiger partial charge in [0.15, 0.2) is 0 Å². The molecule has 3 rings (SSSR count). The Morgan fingerprint density at radius 2 is 1.46 bits per heavy atom. The molecule has 210 valence electrons. The van der Waals surface area contributed by atoms with Crippen LogP contribution in [0, 0.1) is 5.92 Å². The van der Waals surface area contributed by atoms with Crippen LogP contribution in [0.25, 0.3) is 0 Å². The Morgan fingerprint density at radius 1 is 0.897 bits per heavy atom. The number of amides is 1. The lowest BCUT2D eigenvalue weighted by Crippen LogP contribution is -2.54. The smallest absolute Gasteiger partial charge is 0.409 e. The average molecular weight is 555 g/mol. The lowest BCUT2D eigenvalue weighted by Gasteiger charge is -2.39. The maximum atomic E-state index is 13.7. The summed E-state index contributed by atoms with van der Waals surface area (Å²) in [5, 5.41) is 22.2. The highest BCUT2D eigenvalue weighted by molar-refractivity contribution is 7.89. The van der Waals surface area contributed by atoms with E-state index < -0.39 is 21.8 Å². The maximum Gasteiger partial charge on any atom is 0.409 e. The van der Waals surface area contributed by atoms with E-state index >= 15 is 0 Å². The first-order chi connectivity index (χ1) is 18.5. The zero-order valence-electron chi connectivity index (χ0n) is 22.7. The van der Waals surface area contributed by atoms with Crippen molar-refractivity contribution in [2.75, 3.05) is 20.2 Å². The van der Waals surface area contributed by atoms with E-state index in [0.29, 0.717) is 17.7 Å². The highest BCUT2D eigenvalue weighted by atomic mass is 32.2. The Bertz CT molecular complexity index is 1280. The van der Waals surface area contributed by atoms with Crippen molar-refractivity contribution in [2.24, 2.45) is 5.92 Å². The van der Waals surface area contributed by atoms with Gasteiger partial charge in [-0.15, -0.1) is 0 Å². The largest absolute Gasteiger partial charge is 0.497 e. The van der Waals surface area contributed by atoms with E-state index in [0.717, 1.165) is 10.5 Å². The van der Waals surface area contributed by atoms with E-state index in [-0.39, 0.29) is 43.3 Å². The van der Waals surface area contributed by atoms with Crippen LogP contribution in [0.3, 0.4) is 0 Å². The molecule has 0 bridgehead atoms. The number of rotatable bonds is 14. The molecule has 3 aromatic carbocycles. The van der Waals surface area contributed by atoms with Gasteiger partial charge in [-0.2, -0.15) is 4.31 Å². The van der Waals surface area contributed by atoms with Crippen molar-refractivity contribution in [3.8, 4) is 5.75 Å².